The summed E-state index contributed by atoms with van der Waals surface area (Å²) in [4.78, 5) is 2.42. The van der Waals surface area contributed by atoms with Gasteiger partial charge in [0.1, 0.15) is 11.2 Å². The SMILES string of the molecule is c1ccc(-c2ccccc2N(c2ccc3c(c2)-c2c4cccc2-c2cccc-3c2-c2ccccc2-4)c2ccc3oc4ccccc4c3c2)cc1. The maximum Gasteiger partial charge on any atom is 0.135 e. The molecule has 2 nitrogen and oxygen atoms in total. The summed E-state index contributed by atoms with van der Waals surface area (Å²) >= 11 is 0. The maximum atomic E-state index is 6.28. The van der Waals surface area contributed by atoms with E-state index in [9.17, 15) is 0 Å². The van der Waals surface area contributed by atoms with Crippen LogP contribution in [0, 0.1) is 0 Å². The first-order valence-corrected chi connectivity index (χ1v) is 17.2. The van der Waals surface area contributed by atoms with Crippen molar-refractivity contribution < 1.29 is 4.42 Å². The van der Waals surface area contributed by atoms with Crippen molar-refractivity contribution in [3.05, 3.63) is 176 Å². The van der Waals surface area contributed by atoms with E-state index in [4.69, 9.17) is 4.42 Å². The van der Waals surface area contributed by atoms with Crippen LogP contribution in [0.2, 0.25) is 0 Å². The van der Waals surface area contributed by atoms with Crippen molar-refractivity contribution >= 4 is 39.0 Å². The lowest BCUT2D eigenvalue weighted by molar-refractivity contribution is 0.669. The Morgan fingerprint density at radius 3 is 1.66 bits per heavy atom. The molecular formula is C48H29NO. The van der Waals surface area contributed by atoms with Crippen molar-refractivity contribution in [3.63, 3.8) is 0 Å². The number of rotatable bonds is 4. The smallest absolute Gasteiger partial charge is 0.135 e. The van der Waals surface area contributed by atoms with Gasteiger partial charge >= 0.3 is 0 Å². The number of furan rings is 1. The summed E-state index contributed by atoms with van der Waals surface area (Å²) in [6, 6.07) is 63.9. The van der Waals surface area contributed by atoms with Gasteiger partial charge in [-0.25, -0.2) is 0 Å². The summed E-state index contributed by atoms with van der Waals surface area (Å²) in [7, 11) is 0. The lowest BCUT2D eigenvalue weighted by Gasteiger charge is -2.29. The normalized spacial score (nSPS) is 12.0. The average molecular weight is 636 g/mol. The van der Waals surface area contributed by atoms with Crippen LogP contribution in [0.15, 0.2) is 180 Å². The Hall–Kier alpha value is -6.64. The van der Waals surface area contributed by atoms with Crippen molar-refractivity contribution in [2.24, 2.45) is 0 Å². The molecule has 1 heterocycles. The summed E-state index contributed by atoms with van der Waals surface area (Å²) < 4.78 is 6.28. The standard InChI is InChI=1S/C48H29NO/c1-2-12-30(13-3-1)33-14-6-8-22-44(33)49(32-25-27-46-42(28-32)36-16-7-9-23-45(36)50-46)31-24-26-35-39-19-11-20-40-41-21-10-18-38(48(41)43(35)29-31)34-15-4-5-17-37(34)47(39)40/h1-29H. The molecule has 0 N–H and O–H groups in total. The molecule has 2 aliphatic rings. The topological polar surface area (TPSA) is 16.4 Å². The van der Waals surface area contributed by atoms with Gasteiger partial charge in [-0.1, -0.05) is 133 Å². The molecule has 0 fully saturated rings. The molecule has 0 amide bonds. The Bertz CT molecular complexity index is 2800. The molecule has 232 valence electrons. The van der Waals surface area contributed by atoms with Gasteiger partial charge in [0.25, 0.3) is 0 Å². The minimum atomic E-state index is 0.888. The Balaban J connectivity index is 1.21. The van der Waals surface area contributed by atoms with Gasteiger partial charge < -0.3 is 9.32 Å². The lowest BCUT2D eigenvalue weighted by atomic mass is 9.83. The van der Waals surface area contributed by atoms with Gasteiger partial charge in [0.2, 0.25) is 0 Å². The van der Waals surface area contributed by atoms with Gasteiger partial charge in [-0.2, -0.15) is 0 Å². The number of fused-ring (bicyclic) bond motifs is 7. The van der Waals surface area contributed by atoms with Crippen molar-refractivity contribution in [2.75, 3.05) is 4.90 Å². The van der Waals surface area contributed by atoms with Crippen LogP contribution in [0.3, 0.4) is 0 Å². The quantitative estimate of drug-likeness (QED) is 0.191. The molecule has 2 heteroatoms. The fraction of sp³-hybridized carbons (Fsp3) is 0. The minimum absolute atomic E-state index is 0.888. The number of hydrogen-bond donors (Lipinski definition) is 0. The second kappa shape index (κ2) is 10.4. The van der Waals surface area contributed by atoms with Crippen molar-refractivity contribution in [1.29, 1.82) is 0 Å². The molecule has 0 radical (unpaired) electrons. The summed E-state index contributed by atoms with van der Waals surface area (Å²) in [6.07, 6.45) is 0. The highest BCUT2D eigenvalue weighted by atomic mass is 16.3. The second-order valence-electron chi connectivity index (χ2n) is 13.2. The Morgan fingerprint density at radius 1 is 0.320 bits per heavy atom. The first-order chi connectivity index (χ1) is 24.8. The largest absolute Gasteiger partial charge is 0.456 e. The molecule has 1 aromatic heterocycles. The van der Waals surface area contributed by atoms with Gasteiger partial charge in [0.15, 0.2) is 0 Å². The highest BCUT2D eigenvalue weighted by molar-refractivity contribution is 6.15. The van der Waals surface area contributed by atoms with E-state index in [-0.39, 0.29) is 0 Å². The third kappa shape index (κ3) is 3.85. The van der Waals surface area contributed by atoms with E-state index in [0.29, 0.717) is 0 Å². The molecular weight excluding hydrogens is 607 g/mol. The third-order valence-electron chi connectivity index (χ3n) is 10.6. The van der Waals surface area contributed by atoms with Crippen LogP contribution >= 0.6 is 0 Å². The zero-order chi connectivity index (χ0) is 32.8. The third-order valence-corrected chi connectivity index (χ3v) is 10.6. The number of para-hydroxylation sites is 2. The number of nitrogens with zero attached hydrogens (tertiary/aromatic N) is 1. The predicted octanol–water partition coefficient (Wildman–Crippen LogP) is 13.7. The van der Waals surface area contributed by atoms with E-state index in [0.717, 1.165) is 39.0 Å². The van der Waals surface area contributed by atoms with Crippen molar-refractivity contribution in [1.82, 2.24) is 0 Å². The predicted molar refractivity (Wildman–Crippen MR) is 208 cm³/mol. The van der Waals surface area contributed by atoms with Crippen molar-refractivity contribution in [2.45, 2.75) is 0 Å². The van der Waals surface area contributed by atoms with Gasteiger partial charge in [0, 0.05) is 27.7 Å². The van der Waals surface area contributed by atoms with Crippen molar-refractivity contribution in [3.8, 4) is 66.8 Å². The van der Waals surface area contributed by atoms with E-state index >= 15 is 0 Å². The van der Waals surface area contributed by atoms with Crippen LogP contribution in [-0.2, 0) is 0 Å². The fourth-order valence-electron chi connectivity index (χ4n) is 8.44. The van der Waals surface area contributed by atoms with E-state index in [1.54, 1.807) is 0 Å². The maximum absolute atomic E-state index is 6.28. The lowest BCUT2D eigenvalue weighted by Crippen LogP contribution is -2.11. The molecule has 0 spiro atoms. The Kier molecular flexibility index (Phi) is 5.70. The molecule has 8 aromatic carbocycles. The first kappa shape index (κ1) is 27.3. The number of benzene rings is 8. The van der Waals surface area contributed by atoms with Crippen LogP contribution in [0.1, 0.15) is 0 Å². The summed E-state index contributed by atoms with van der Waals surface area (Å²) in [6.45, 7) is 0. The van der Waals surface area contributed by atoms with Crippen LogP contribution in [0.5, 0.6) is 0 Å². The van der Waals surface area contributed by atoms with Gasteiger partial charge in [-0.15, -0.1) is 0 Å². The number of anilines is 3. The zero-order valence-electron chi connectivity index (χ0n) is 27.1. The van der Waals surface area contributed by atoms with Gasteiger partial charge in [0.05, 0.1) is 5.69 Å². The van der Waals surface area contributed by atoms with E-state index in [2.05, 4.69) is 169 Å². The Labute approximate surface area is 290 Å². The molecule has 0 saturated carbocycles. The average Bonchev–Trinajstić information content (AvgIpc) is 3.50. The molecule has 0 aliphatic heterocycles. The molecule has 9 aromatic rings. The van der Waals surface area contributed by atoms with Crippen LogP contribution in [0.25, 0.3) is 88.7 Å². The molecule has 0 unspecified atom stereocenters. The van der Waals surface area contributed by atoms with Gasteiger partial charge in [-0.3, -0.25) is 0 Å². The van der Waals surface area contributed by atoms with E-state index in [1.165, 1.54) is 66.8 Å². The highest BCUT2D eigenvalue weighted by Gasteiger charge is 2.31. The van der Waals surface area contributed by atoms with Crippen LogP contribution < -0.4 is 4.90 Å². The summed E-state index contributed by atoms with van der Waals surface area (Å²) in [5.74, 6) is 0. The fourth-order valence-corrected chi connectivity index (χ4v) is 8.44. The van der Waals surface area contributed by atoms with E-state index < -0.39 is 0 Å². The molecule has 0 atom stereocenters. The highest BCUT2D eigenvalue weighted by Crippen LogP contribution is 2.58. The monoisotopic (exact) mass is 635 g/mol. The van der Waals surface area contributed by atoms with Gasteiger partial charge in [-0.05, 0) is 104 Å². The summed E-state index contributed by atoms with van der Waals surface area (Å²) in [5.41, 5.74) is 20.3. The summed E-state index contributed by atoms with van der Waals surface area (Å²) in [5, 5.41) is 2.23. The van der Waals surface area contributed by atoms with Crippen LogP contribution in [0.4, 0.5) is 17.1 Å². The molecule has 0 saturated heterocycles. The van der Waals surface area contributed by atoms with E-state index in [1.807, 2.05) is 12.1 Å². The number of hydrogen-bond acceptors (Lipinski definition) is 2. The molecule has 50 heavy (non-hydrogen) atoms. The zero-order valence-corrected chi connectivity index (χ0v) is 27.1. The minimum Gasteiger partial charge on any atom is -0.456 e. The Morgan fingerprint density at radius 2 is 0.860 bits per heavy atom. The first-order valence-electron chi connectivity index (χ1n) is 17.2. The second-order valence-corrected chi connectivity index (χ2v) is 13.2. The molecule has 11 rings (SSSR count). The van der Waals surface area contributed by atoms with Crippen LogP contribution in [-0.4, -0.2) is 0 Å². The molecule has 6 bridgehead atoms. The molecule has 2 aliphatic carbocycles.